The fourth-order valence-corrected chi connectivity index (χ4v) is 3.99. The van der Waals surface area contributed by atoms with Crippen molar-refractivity contribution in [1.29, 1.82) is 0 Å². The van der Waals surface area contributed by atoms with Crippen LogP contribution < -0.4 is 0 Å². The molecule has 1 aromatic rings. The van der Waals surface area contributed by atoms with Gasteiger partial charge in [0.15, 0.2) is 0 Å². The Morgan fingerprint density at radius 1 is 1.35 bits per heavy atom. The summed E-state index contributed by atoms with van der Waals surface area (Å²) in [6.07, 6.45) is 1.01. The van der Waals surface area contributed by atoms with E-state index in [-0.39, 0.29) is 5.91 Å². The second kappa shape index (κ2) is 6.84. The van der Waals surface area contributed by atoms with Crippen molar-refractivity contribution < 1.29 is 9.90 Å². The highest BCUT2D eigenvalue weighted by atomic mass is 32.1. The van der Waals surface area contributed by atoms with Crippen LogP contribution in [-0.2, 0) is 11.2 Å². The molecule has 2 aliphatic rings. The number of aliphatic hydroxyl groups is 1. The van der Waals surface area contributed by atoms with Gasteiger partial charge in [-0.3, -0.25) is 9.69 Å². The molecule has 1 amide bonds. The first-order valence-electron chi connectivity index (χ1n) is 8.26. The van der Waals surface area contributed by atoms with E-state index in [4.69, 9.17) is 0 Å². The first-order chi connectivity index (χ1) is 10.9. The Morgan fingerprint density at radius 3 is 2.74 bits per heavy atom. The second-order valence-corrected chi connectivity index (χ2v) is 7.97. The number of likely N-dealkylation sites (N-methyl/N-ethyl adjacent to an activating group) is 1. The van der Waals surface area contributed by atoms with Crippen LogP contribution in [0.25, 0.3) is 0 Å². The van der Waals surface area contributed by atoms with Crippen LogP contribution in [0.2, 0.25) is 0 Å². The molecule has 0 radical (unpaired) electrons. The fraction of sp³-hybridized carbons (Fsp3) is 0.750. The number of likely N-dealkylation sites (tertiary alicyclic amines) is 1. The van der Waals surface area contributed by atoms with Crippen molar-refractivity contribution in [3.05, 3.63) is 16.1 Å². The molecular weight excluding hydrogens is 312 g/mol. The quantitative estimate of drug-likeness (QED) is 0.850. The first kappa shape index (κ1) is 16.8. The third kappa shape index (κ3) is 4.29. The van der Waals surface area contributed by atoms with Gasteiger partial charge in [0.05, 0.1) is 29.3 Å². The number of thiazole rings is 1. The van der Waals surface area contributed by atoms with Crippen molar-refractivity contribution in [3.8, 4) is 0 Å². The molecule has 1 aromatic heterocycles. The van der Waals surface area contributed by atoms with Gasteiger partial charge in [0.25, 0.3) is 0 Å². The Morgan fingerprint density at radius 2 is 2.09 bits per heavy atom. The van der Waals surface area contributed by atoms with Gasteiger partial charge in [0.2, 0.25) is 5.91 Å². The summed E-state index contributed by atoms with van der Waals surface area (Å²) < 4.78 is 0. The van der Waals surface area contributed by atoms with Gasteiger partial charge in [-0.15, -0.1) is 11.3 Å². The summed E-state index contributed by atoms with van der Waals surface area (Å²) in [5.74, 6) is 0.0737. The number of aromatic nitrogens is 1. The molecule has 1 N–H and O–H groups in total. The minimum absolute atomic E-state index is 0.0737. The average Bonchev–Trinajstić information content (AvgIpc) is 3.08. The van der Waals surface area contributed by atoms with E-state index in [1.165, 1.54) is 0 Å². The molecule has 0 spiro atoms. The molecule has 3 heterocycles. The van der Waals surface area contributed by atoms with Crippen LogP contribution in [0.15, 0.2) is 5.38 Å². The van der Waals surface area contributed by atoms with Gasteiger partial charge in [-0.25, -0.2) is 4.98 Å². The summed E-state index contributed by atoms with van der Waals surface area (Å²) >= 11 is 1.57. The highest BCUT2D eigenvalue weighted by Gasteiger charge is 2.39. The zero-order valence-corrected chi connectivity index (χ0v) is 14.8. The molecule has 23 heavy (non-hydrogen) atoms. The fourth-order valence-electron chi connectivity index (χ4n) is 3.38. The Hall–Kier alpha value is -1.02. The number of carbonyl (C=O) groups excluding carboxylic acids is 1. The van der Waals surface area contributed by atoms with Crippen LogP contribution in [0, 0.1) is 6.92 Å². The minimum Gasteiger partial charge on any atom is -0.387 e. The first-order valence-corrected chi connectivity index (χ1v) is 9.14. The van der Waals surface area contributed by atoms with Crippen LogP contribution in [0.3, 0.4) is 0 Å². The molecule has 1 atom stereocenters. The van der Waals surface area contributed by atoms with Crippen molar-refractivity contribution in [2.75, 3.05) is 52.9 Å². The van der Waals surface area contributed by atoms with E-state index in [1.807, 2.05) is 12.3 Å². The molecule has 0 aliphatic carbocycles. The van der Waals surface area contributed by atoms with E-state index in [2.05, 4.69) is 21.8 Å². The predicted octanol–water partition coefficient (Wildman–Crippen LogP) is 0.205. The van der Waals surface area contributed by atoms with Crippen LogP contribution in [0.1, 0.15) is 17.1 Å². The van der Waals surface area contributed by atoms with E-state index in [1.54, 1.807) is 16.2 Å². The monoisotopic (exact) mass is 338 g/mol. The maximum absolute atomic E-state index is 12.4. The summed E-state index contributed by atoms with van der Waals surface area (Å²) in [5.41, 5.74) is 0.0795. The maximum Gasteiger partial charge on any atom is 0.228 e. The van der Waals surface area contributed by atoms with Crippen molar-refractivity contribution >= 4 is 17.2 Å². The number of piperazine rings is 1. The number of aryl methyl sites for hydroxylation is 1. The molecule has 2 fully saturated rings. The third-order valence-corrected chi connectivity index (χ3v) is 5.62. The van der Waals surface area contributed by atoms with Crippen LogP contribution in [-0.4, -0.2) is 89.2 Å². The molecule has 0 bridgehead atoms. The van der Waals surface area contributed by atoms with Gasteiger partial charge in [-0.2, -0.15) is 0 Å². The molecule has 3 rings (SSSR count). The number of nitrogens with zero attached hydrogens (tertiary/aromatic N) is 4. The van der Waals surface area contributed by atoms with Crippen LogP contribution in [0.4, 0.5) is 0 Å². The Kier molecular flexibility index (Phi) is 5.01. The molecular formula is C16H26N4O2S. The number of hydrogen-bond donors (Lipinski definition) is 1. The number of β-amino-alcohol motifs (C(OH)–C–C–N with tert-alkyl or cyclic N) is 1. The molecule has 0 saturated carbocycles. The Bertz CT molecular complexity index is 556. The molecule has 6 nitrogen and oxygen atoms in total. The lowest BCUT2D eigenvalue weighted by atomic mass is 10.0. The zero-order chi connectivity index (χ0) is 16.4. The highest BCUT2D eigenvalue weighted by molar-refractivity contribution is 7.09. The highest BCUT2D eigenvalue weighted by Crippen LogP contribution is 2.24. The van der Waals surface area contributed by atoms with Gasteiger partial charge >= 0.3 is 0 Å². The van der Waals surface area contributed by atoms with Crippen LogP contribution in [0.5, 0.6) is 0 Å². The van der Waals surface area contributed by atoms with Gasteiger partial charge in [-0.1, -0.05) is 0 Å². The molecule has 128 valence electrons. The summed E-state index contributed by atoms with van der Waals surface area (Å²) in [6.45, 7) is 7.77. The zero-order valence-electron chi connectivity index (χ0n) is 14.0. The second-order valence-electron chi connectivity index (χ2n) is 6.90. The standard InChI is InChI=1S/C16H26N4O2S/c1-13-17-14(10-23-13)9-15(21)20-4-3-16(22,12-20)11-19-7-5-18(2)6-8-19/h10,22H,3-9,11-12H2,1-2H3. The normalized spacial score (nSPS) is 26.8. The van der Waals surface area contributed by atoms with Crippen molar-refractivity contribution in [1.82, 2.24) is 19.7 Å². The van der Waals surface area contributed by atoms with Gasteiger partial charge < -0.3 is 14.9 Å². The van der Waals surface area contributed by atoms with E-state index < -0.39 is 5.60 Å². The summed E-state index contributed by atoms with van der Waals surface area (Å²) in [6, 6.07) is 0. The number of hydrogen-bond acceptors (Lipinski definition) is 6. The van der Waals surface area contributed by atoms with Crippen molar-refractivity contribution in [3.63, 3.8) is 0 Å². The van der Waals surface area contributed by atoms with E-state index in [0.717, 1.165) is 36.9 Å². The number of carbonyl (C=O) groups is 1. The van der Waals surface area contributed by atoms with Crippen LogP contribution >= 0.6 is 11.3 Å². The number of rotatable bonds is 4. The Labute approximate surface area is 141 Å². The summed E-state index contributed by atoms with van der Waals surface area (Å²) in [5, 5.41) is 13.8. The molecule has 7 heteroatoms. The van der Waals surface area contributed by atoms with Gasteiger partial charge in [-0.05, 0) is 20.4 Å². The molecule has 2 aliphatic heterocycles. The third-order valence-electron chi connectivity index (χ3n) is 4.80. The summed E-state index contributed by atoms with van der Waals surface area (Å²) in [7, 11) is 2.13. The van der Waals surface area contributed by atoms with E-state index in [9.17, 15) is 9.90 Å². The topological polar surface area (TPSA) is 59.9 Å². The maximum atomic E-state index is 12.4. The lowest BCUT2D eigenvalue weighted by molar-refractivity contribution is -0.130. The SMILES string of the molecule is Cc1nc(CC(=O)N2CCC(O)(CN3CCN(C)CC3)C2)cs1. The predicted molar refractivity (Wildman–Crippen MR) is 90.6 cm³/mol. The smallest absolute Gasteiger partial charge is 0.228 e. The summed E-state index contributed by atoms with van der Waals surface area (Å²) in [4.78, 5) is 23.2. The molecule has 0 aromatic carbocycles. The minimum atomic E-state index is -0.760. The van der Waals surface area contributed by atoms with E-state index >= 15 is 0 Å². The molecule has 2 saturated heterocycles. The number of amides is 1. The van der Waals surface area contributed by atoms with E-state index in [0.29, 0.717) is 32.5 Å². The molecule has 1 unspecified atom stereocenters. The largest absolute Gasteiger partial charge is 0.387 e. The van der Waals surface area contributed by atoms with Crippen molar-refractivity contribution in [2.24, 2.45) is 0 Å². The lowest BCUT2D eigenvalue weighted by Gasteiger charge is -2.36. The Balaban J connectivity index is 1.51. The van der Waals surface area contributed by atoms with Gasteiger partial charge in [0, 0.05) is 44.6 Å². The lowest BCUT2D eigenvalue weighted by Crippen LogP contribution is -2.52. The van der Waals surface area contributed by atoms with Crippen molar-refractivity contribution in [2.45, 2.75) is 25.4 Å². The van der Waals surface area contributed by atoms with Gasteiger partial charge in [0.1, 0.15) is 0 Å². The average molecular weight is 338 g/mol.